The maximum Gasteiger partial charge on any atom is 0.248 e. The summed E-state index contributed by atoms with van der Waals surface area (Å²) in [7, 11) is -3.79. The number of aryl methyl sites for hydroxylation is 4. The average Bonchev–Trinajstić information content (AvgIpc) is 3.20. The molecule has 0 atom stereocenters. The summed E-state index contributed by atoms with van der Waals surface area (Å²) in [5, 5.41) is 7.15. The Labute approximate surface area is 209 Å². The smallest absolute Gasteiger partial charge is 0.248 e. The minimum Gasteiger partial charge on any atom is -0.355 e. The van der Waals surface area contributed by atoms with Gasteiger partial charge in [-0.3, -0.25) is 4.79 Å². The van der Waals surface area contributed by atoms with E-state index in [-0.39, 0.29) is 28.5 Å². The number of nitrogens with zero attached hydrogens (tertiary/aromatic N) is 2. The zero-order chi connectivity index (χ0) is 25.2. The first kappa shape index (κ1) is 25.6. The molecule has 0 spiro atoms. The third-order valence-corrected chi connectivity index (χ3v) is 9.40. The molecular formula is C27H37N3O4S. The largest absolute Gasteiger partial charge is 0.355 e. The van der Waals surface area contributed by atoms with Gasteiger partial charge in [0.1, 0.15) is 5.69 Å². The summed E-state index contributed by atoms with van der Waals surface area (Å²) in [4.78, 5) is 12.9. The number of aromatic nitrogens is 1. The van der Waals surface area contributed by atoms with Crippen LogP contribution in [0.4, 0.5) is 0 Å². The number of amides is 1. The predicted molar refractivity (Wildman–Crippen MR) is 137 cm³/mol. The summed E-state index contributed by atoms with van der Waals surface area (Å²) >= 11 is 0. The molecule has 35 heavy (non-hydrogen) atoms. The molecule has 7 nitrogen and oxygen atoms in total. The Hall–Kier alpha value is -2.45. The first-order chi connectivity index (χ1) is 16.7. The average molecular weight is 500 g/mol. The molecule has 1 aromatic carbocycles. The zero-order valence-corrected chi connectivity index (χ0v) is 22.1. The summed E-state index contributed by atoms with van der Waals surface area (Å²) < 4.78 is 34.0. The van der Waals surface area contributed by atoms with Crippen molar-refractivity contribution in [2.45, 2.75) is 83.6 Å². The molecule has 1 amide bonds. The van der Waals surface area contributed by atoms with Gasteiger partial charge in [0.25, 0.3) is 0 Å². The van der Waals surface area contributed by atoms with Gasteiger partial charge in [-0.15, -0.1) is 0 Å². The second-order valence-corrected chi connectivity index (χ2v) is 12.0. The standard InChI is InChI=1S/C27H37N3O4S/c1-18-16-19(2)24(20(3)17-18)10-11-25-26(21(4)29-34-25)35(32,33)30-14-12-22(13-15-30)27(31)28-23-8-6-5-7-9-23/h10-11,16-17,22-23H,5-9,12-15H2,1-4H3,(H,28,31)/b11-10+. The number of rotatable bonds is 6. The van der Waals surface area contributed by atoms with Crippen molar-refractivity contribution in [3.63, 3.8) is 0 Å². The van der Waals surface area contributed by atoms with Crippen molar-refractivity contribution in [2.75, 3.05) is 13.1 Å². The normalized spacial score (nSPS) is 18.9. The Balaban J connectivity index is 1.46. The molecule has 190 valence electrons. The van der Waals surface area contributed by atoms with E-state index in [0.29, 0.717) is 31.6 Å². The first-order valence-corrected chi connectivity index (χ1v) is 14.1. The zero-order valence-electron chi connectivity index (χ0n) is 21.3. The number of benzene rings is 1. The van der Waals surface area contributed by atoms with Crippen molar-refractivity contribution >= 4 is 28.1 Å². The number of nitrogens with one attached hydrogen (secondary N) is 1. The molecule has 0 unspecified atom stereocenters. The third kappa shape index (κ3) is 5.70. The maximum atomic E-state index is 13.6. The van der Waals surface area contributed by atoms with Gasteiger partial charge >= 0.3 is 0 Å². The summed E-state index contributed by atoms with van der Waals surface area (Å²) in [6.07, 6.45) is 10.3. The van der Waals surface area contributed by atoms with Crippen LogP contribution in [0.5, 0.6) is 0 Å². The third-order valence-electron chi connectivity index (χ3n) is 7.35. The molecule has 1 saturated heterocycles. The van der Waals surface area contributed by atoms with Crippen LogP contribution >= 0.6 is 0 Å². The summed E-state index contributed by atoms with van der Waals surface area (Å²) in [6, 6.07) is 4.47. The van der Waals surface area contributed by atoms with Crippen LogP contribution in [0.25, 0.3) is 12.2 Å². The molecule has 2 aliphatic rings. The van der Waals surface area contributed by atoms with Crippen LogP contribution in [-0.2, 0) is 14.8 Å². The molecule has 1 aliphatic heterocycles. The van der Waals surface area contributed by atoms with Crippen LogP contribution < -0.4 is 5.32 Å². The Kier molecular flexibility index (Phi) is 7.81. The molecule has 4 rings (SSSR count). The van der Waals surface area contributed by atoms with Crippen LogP contribution in [0, 0.1) is 33.6 Å². The quantitative estimate of drug-likeness (QED) is 0.608. The molecule has 1 aromatic heterocycles. The molecule has 2 aromatic rings. The van der Waals surface area contributed by atoms with Crippen molar-refractivity contribution in [3.05, 3.63) is 45.8 Å². The number of hydrogen-bond acceptors (Lipinski definition) is 5. The Morgan fingerprint density at radius 2 is 1.63 bits per heavy atom. The molecule has 2 fully saturated rings. The lowest BCUT2D eigenvalue weighted by Gasteiger charge is -2.32. The highest BCUT2D eigenvalue weighted by molar-refractivity contribution is 7.89. The van der Waals surface area contributed by atoms with Crippen molar-refractivity contribution in [3.8, 4) is 0 Å². The Morgan fingerprint density at radius 1 is 1.00 bits per heavy atom. The highest BCUT2D eigenvalue weighted by atomic mass is 32.2. The van der Waals surface area contributed by atoms with E-state index >= 15 is 0 Å². The summed E-state index contributed by atoms with van der Waals surface area (Å²) in [6.45, 7) is 8.42. The highest BCUT2D eigenvalue weighted by Gasteiger charge is 2.36. The van der Waals surface area contributed by atoms with E-state index in [1.807, 2.05) is 19.9 Å². The summed E-state index contributed by atoms with van der Waals surface area (Å²) in [5.74, 6) is 0.167. The van der Waals surface area contributed by atoms with E-state index in [1.54, 1.807) is 13.0 Å². The Morgan fingerprint density at radius 3 is 2.26 bits per heavy atom. The lowest BCUT2D eigenvalue weighted by Crippen LogP contribution is -2.45. The van der Waals surface area contributed by atoms with Crippen LogP contribution in [-0.4, -0.2) is 42.9 Å². The maximum absolute atomic E-state index is 13.6. The van der Waals surface area contributed by atoms with Gasteiger partial charge in [0.15, 0.2) is 10.7 Å². The van der Waals surface area contributed by atoms with Crippen molar-refractivity contribution in [1.29, 1.82) is 0 Å². The molecule has 1 aliphatic carbocycles. The molecule has 2 heterocycles. The van der Waals surface area contributed by atoms with E-state index < -0.39 is 10.0 Å². The van der Waals surface area contributed by atoms with Gasteiger partial charge in [0.05, 0.1) is 0 Å². The van der Waals surface area contributed by atoms with Crippen molar-refractivity contribution in [2.24, 2.45) is 5.92 Å². The van der Waals surface area contributed by atoms with Crippen LogP contribution in [0.15, 0.2) is 21.6 Å². The lowest BCUT2D eigenvalue weighted by atomic mass is 9.93. The van der Waals surface area contributed by atoms with Gasteiger partial charge in [0, 0.05) is 25.0 Å². The second kappa shape index (κ2) is 10.7. The number of hydrogen-bond donors (Lipinski definition) is 1. The first-order valence-electron chi connectivity index (χ1n) is 12.7. The SMILES string of the molecule is Cc1cc(C)c(/C=C/c2onc(C)c2S(=O)(=O)N2CCC(C(=O)NC3CCCCC3)CC2)c(C)c1. The minimum absolute atomic E-state index is 0.0718. The van der Waals surface area contributed by atoms with E-state index in [9.17, 15) is 13.2 Å². The topological polar surface area (TPSA) is 92.5 Å². The fraction of sp³-hybridized carbons (Fsp3) is 0.556. The lowest BCUT2D eigenvalue weighted by molar-refractivity contribution is -0.127. The molecule has 0 bridgehead atoms. The molecule has 8 heteroatoms. The predicted octanol–water partition coefficient (Wildman–Crippen LogP) is 4.93. The van der Waals surface area contributed by atoms with Gasteiger partial charge in [-0.25, -0.2) is 8.42 Å². The van der Waals surface area contributed by atoms with E-state index in [0.717, 1.165) is 29.5 Å². The molecule has 1 saturated carbocycles. The van der Waals surface area contributed by atoms with Crippen molar-refractivity contribution in [1.82, 2.24) is 14.8 Å². The number of piperidine rings is 1. The fourth-order valence-corrected chi connectivity index (χ4v) is 7.19. The van der Waals surface area contributed by atoms with Crippen LogP contribution in [0.3, 0.4) is 0 Å². The van der Waals surface area contributed by atoms with Crippen LogP contribution in [0.2, 0.25) is 0 Å². The number of carbonyl (C=O) groups is 1. The van der Waals surface area contributed by atoms with Gasteiger partial charge in [-0.2, -0.15) is 4.31 Å². The van der Waals surface area contributed by atoms with Gasteiger partial charge in [-0.05, 0) is 76.1 Å². The van der Waals surface area contributed by atoms with Crippen molar-refractivity contribution < 1.29 is 17.7 Å². The monoisotopic (exact) mass is 499 g/mol. The van der Waals surface area contributed by atoms with E-state index in [2.05, 4.69) is 29.5 Å². The minimum atomic E-state index is -3.79. The number of carbonyl (C=O) groups excluding carboxylic acids is 1. The molecule has 0 radical (unpaired) electrons. The highest BCUT2D eigenvalue weighted by Crippen LogP contribution is 2.30. The molecular weight excluding hydrogens is 462 g/mol. The summed E-state index contributed by atoms with van der Waals surface area (Å²) in [5.41, 5.74) is 4.81. The van der Waals surface area contributed by atoms with Gasteiger partial charge in [0.2, 0.25) is 15.9 Å². The fourth-order valence-electron chi connectivity index (χ4n) is 5.47. The Bertz CT molecular complexity index is 1180. The van der Waals surface area contributed by atoms with Crippen LogP contribution in [0.1, 0.15) is 78.7 Å². The number of sulfonamides is 1. The molecule has 1 N–H and O–H groups in total. The van der Waals surface area contributed by atoms with Gasteiger partial charge in [-0.1, -0.05) is 48.2 Å². The van der Waals surface area contributed by atoms with E-state index in [1.165, 1.54) is 29.1 Å². The van der Waals surface area contributed by atoms with E-state index in [4.69, 9.17) is 4.52 Å². The van der Waals surface area contributed by atoms with Gasteiger partial charge < -0.3 is 9.84 Å². The second-order valence-electron chi connectivity index (χ2n) is 10.1.